The second kappa shape index (κ2) is 5.34. The van der Waals surface area contributed by atoms with Crippen molar-refractivity contribution in [3.8, 4) is 17.1 Å². The van der Waals surface area contributed by atoms with Gasteiger partial charge in [0.2, 0.25) is 5.16 Å². The number of thioether (sulfide) groups is 1. The Balaban J connectivity index is 1.62. The van der Waals surface area contributed by atoms with Crippen molar-refractivity contribution in [2.45, 2.75) is 10.5 Å². The standard InChI is InChI=1S/C15H13N5OS/c1-21-12-4-2-11(3-5-12)14-19-20-13(17-18-15(20)22-14)10-6-8-16-9-7-10/h2-9,14,19H,1H3. The van der Waals surface area contributed by atoms with Crippen LogP contribution in [0.3, 0.4) is 0 Å². The summed E-state index contributed by atoms with van der Waals surface area (Å²) in [5.74, 6) is 1.64. The van der Waals surface area contributed by atoms with E-state index in [1.807, 2.05) is 28.9 Å². The van der Waals surface area contributed by atoms with E-state index in [-0.39, 0.29) is 5.37 Å². The van der Waals surface area contributed by atoms with E-state index < -0.39 is 0 Å². The highest BCUT2D eigenvalue weighted by Gasteiger charge is 2.28. The number of ether oxygens (including phenoxy) is 1. The molecule has 3 heterocycles. The summed E-state index contributed by atoms with van der Waals surface area (Å²) in [4.78, 5) is 4.03. The average molecular weight is 311 g/mol. The van der Waals surface area contributed by atoms with Crippen molar-refractivity contribution in [2.75, 3.05) is 12.5 Å². The van der Waals surface area contributed by atoms with Crippen LogP contribution in [-0.2, 0) is 0 Å². The predicted octanol–water partition coefficient (Wildman–Crippen LogP) is 2.70. The molecule has 0 radical (unpaired) electrons. The Morgan fingerprint density at radius 3 is 2.59 bits per heavy atom. The zero-order valence-electron chi connectivity index (χ0n) is 11.8. The Labute approximate surface area is 131 Å². The van der Waals surface area contributed by atoms with Gasteiger partial charge in [-0.2, -0.15) is 0 Å². The van der Waals surface area contributed by atoms with Gasteiger partial charge in [0.05, 0.1) is 7.11 Å². The quantitative estimate of drug-likeness (QED) is 0.802. The summed E-state index contributed by atoms with van der Waals surface area (Å²) in [6.07, 6.45) is 3.50. The number of hydrogen-bond donors (Lipinski definition) is 1. The molecule has 6 nitrogen and oxygen atoms in total. The lowest BCUT2D eigenvalue weighted by Gasteiger charge is -2.12. The highest BCUT2D eigenvalue weighted by Crippen LogP contribution is 2.40. The molecule has 1 aliphatic rings. The lowest BCUT2D eigenvalue weighted by atomic mass is 10.2. The van der Waals surface area contributed by atoms with Crippen molar-refractivity contribution < 1.29 is 4.74 Å². The van der Waals surface area contributed by atoms with Gasteiger partial charge >= 0.3 is 0 Å². The molecule has 1 unspecified atom stereocenters. The van der Waals surface area contributed by atoms with E-state index >= 15 is 0 Å². The fraction of sp³-hybridized carbons (Fsp3) is 0.133. The van der Waals surface area contributed by atoms with Gasteiger partial charge in [0, 0.05) is 18.0 Å². The van der Waals surface area contributed by atoms with Gasteiger partial charge < -0.3 is 10.2 Å². The fourth-order valence-corrected chi connectivity index (χ4v) is 3.32. The van der Waals surface area contributed by atoms with E-state index in [4.69, 9.17) is 4.74 Å². The number of benzene rings is 1. The second-order valence-electron chi connectivity index (χ2n) is 4.78. The van der Waals surface area contributed by atoms with E-state index in [0.717, 1.165) is 27.9 Å². The summed E-state index contributed by atoms with van der Waals surface area (Å²) in [6.45, 7) is 0. The SMILES string of the molecule is COc1ccc(C2Nn3c(nnc3-c3ccncc3)S2)cc1. The van der Waals surface area contributed by atoms with Crippen molar-refractivity contribution in [3.05, 3.63) is 54.4 Å². The van der Waals surface area contributed by atoms with Crippen molar-refractivity contribution in [1.29, 1.82) is 0 Å². The molecule has 3 aromatic rings. The van der Waals surface area contributed by atoms with Gasteiger partial charge in [0.15, 0.2) is 5.82 Å². The average Bonchev–Trinajstić information content (AvgIpc) is 3.16. The van der Waals surface area contributed by atoms with Gasteiger partial charge in [-0.1, -0.05) is 23.9 Å². The minimum Gasteiger partial charge on any atom is -0.497 e. The zero-order valence-corrected chi connectivity index (χ0v) is 12.6. The first-order valence-electron chi connectivity index (χ1n) is 6.78. The third kappa shape index (κ3) is 2.19. The van der Waals surface area contributed by atoms with Crippen LogP contribution in [0.2, 0.25) is 0 Å². The molecule has 7 heteroatoms. The van der Waals surface area contributed by atoms with Crippen molar-refractivity contribution in [2.24, 2.45) is 0 Å². The first-order chi connectivity index (χ1) is 10.8. The molecule has 0 aliphatic carbocycles. The van der Waals surface area contributed by atoms with E-state index in [9.17, 15) is 0 Å². The molecule has 1 aliphatic heterocycles. The Morgan fingerprint density at radius 1 is 1.09 bits per heavy atom. The van der Waals surface area contributed by atoms with Crippen LogP contribution in [0.4, 0.5) is 0 Å². The smallest absolute Gasteiger partial charge is 0.212 e. The topological polar surface area (TPSA) is 64.9 Å². The number of fused-ring (bicyclic) bond motifs is 1. The normalized spacial score (nSPS) is 16.1. The number of aromatic nitrogens is 4. The van der Waals surface area contributed by atoms with Gasteiger partial charge in [0.25, 0.3) is 0 Å². The molecular weight excluding hydrogens is 298 g/mol. The molecule has 1 N–H and O–H groups in total. The summed E-state index contributed by atoms with van der Waals surface area (Å²) >= 11 is 1.64. The van der Waals surface area contributed by atoms with Gasteiger partial charge in [0.1, 0.15) is 11.1 Å². The molecule has 110 valence electrons. The van der Waals surface area contributed by atoms with Crippen LogP contribution in [0, 0.1) is 0 Å². The first-order valence-corrected chi connectivity index (χ1v) is 7.66. The number of nitrogens with zero attached hydrogens (tertiary/aromatic N) is 4. The largest absolute Gasteiger partial charge is 0.497 e. The van der Waals surface area contributed by atoms with Crippen LogP contribution in [0.15, 0.2) is 53.9 Å². The molecule has 22 heavy (non-hydrogen) atoms. The zero-order chi connectivity index (χ0) is 14.9. The summed E-state index contributed by atoms with van der Waals surface area (Å²) < 4.78 is 7.12. The molecule has 0 amide bonds. The van der Waals surface area contributed by atoms with Gasteiger partial charge in [-0.05, 0) is 29.8 Å². The number of hydrogen-bond acceptors (Lipinski definition) is 6. The Hall–Kier alpha value is -2.54. The minimum absolute atomic E-state index is 0.108. The number of pyridine rings is 1. The maximum Gasteiger partial charge on any atom is 0.212 e. The van der Waals surface area contributed by atoms with Crippen LogP contribution >= 0.6 is 11.8 Å². The molecule has 1 aromatic carbocycles. The Bertz CT molecular complexity index is 787. The molecule has 1 atom stereocenters. The highest BCUT2D eigenvalue weighted by atomic mass is 32.2. The molecule has 0 spiro atoms. The van der Waals surface area contributed by atoms with Crippen LogP contribution < -0.4 is 10.2 Å². The minimum atomic E-state index is 0.108. The Kier molecular flexibility index (Phi) is 3.19. The number of nitrogens with one attached hydrogen (secondary N) is 1. The first kappa shape index (κ1) is 13.1. The van der Waals surface area contributed by atoms with Gasteiger partial charge in [-0.3, -0.25) is 4.98 Å². The maximum absolute atomic E-state index is 5.19. The van der Waals surface area contributed by atoms with Crippen molar-refractivity contribution in [1.82, 2.24) is 19.9 Å². The summed E-state index contributed by atoms with van der Waals surface area (Å²) in [6, 6.07) is 11.9. The van der Waals surface area contributed by atoms with Crippen molar-refractivity contribution in [3.63, 3.8) is 0 Å². The molecule has 0 fully saturated rings. The lowest BCUT2D eigenvalue weighted by Crippen LogP contribution is -2.13. The van der Waals surface area contributed by atoms with Gasteiger partial charge in [-0.15, -0.1) is 10.2 Å². The summed E-state index contributed by atoms with van der Waals surface area (Å²) in [5, 5.41) is 9.46. The summed E-state index contributed by atoms with van der Waals surface area (Å²) in [7, 11) is 1.67. The van der Waals surface area contributed by atoms with Crippen LogP contribution in [0.1, 0.15) is 10.9 Å². The molecule has 4 rings (SSSR count). The third-order valence-corrected chi connectivity index (χ3v) is 4.55. The molecule has 0 bridgehead atoms. The molecule has 2 aromatic heterocycles. The molecular formula is C15H13N5OS. The second-order valence-corrected chi connectivity index (χ2v) is 5.85. The lowest BCUT2D eigenvalue weighted by molar-refractivity contribution is 0.414. The third-order valence-electron chi connectivity index (χ3n) is 3.46. The Morgan fingerprint density at radius 2 is 1.86 bits per heavy atom. The highest BCUT2D eigenvalue weighted by molar-refractivity contribution is 7.99. The number of methoxy groups -OCH3 is 1. The van der Waals surface area contributed by atoms with E-state index in [1.54, 1.807) is 31.3 Å². The fourth-order valence-electron chi connectivity index (χ4n) is 2.32. The predicted molar refractivity (Wildman–Crippen MR) is 84.2 cm³/mol. The number of rotatable bonds is 3. The van der Waals surface area contributed by atoms with Crippen LogP contribution in [0.25, 0.3) is 11.4 Å². The monoisotopic (exact) mass is 311 g/mol. The van der Waals surface area contributed by atoms with E-state index in [1.165, 1.54) is 0 Å². The van der Waals surface area contributed by atoms with Crippen molar-refractivity contribution >= 4 is 11.8 Å². The van der Waals surface area contributed by atoms with Crippen LogP contribution in [0.5, 0.6) is 5.75 Å². The summed E-state index contributed by atoms with van der Waals surface area (Å²) in [5.41, 5.74) is 5.58. The van der Waals surface area contributed by atoms with Crippen LogP contribution in [-0.4, -0.2) is 27.0 Å². The molecule has 0 saturated heterocycles. The molecule has 0 saturated carbocycles. The van der Waals surface area contributed by atoms with Gasteiger partial charge in [-0.25, -0.2) is 4.68 Å². The van der Waals surface area contributed by atoms with E-state index in [0.29, 0.717) is 0 Å². The maximum atomic E-state index is 5.19. The van der Waals surface area contributed by atoms with E-state index in [2.05, 4.69) is 32.7 Å².